The van der Waals surface area contributed by atoms with Crippen LogP contribution >= 0.6 is 11.3 Å². The number of para-hydroxylation sites is 2. The van der Waals surface area contributed by atoms with Gasteiger partial charge in [-0.05, 0) is 47.4 Å². The maximum atomic E-state index is 12.8. The molecule has 5 heteroatoms. The van der Waals surface area contributed by atoms with Crippen molar-refractivity contribution in [1.82, 2.24) is 4.90 Å². The minimum absolute atomic E-state index is 0.0307. The van der Waals surface area contributed by atoms with Gasteiger partial charge in [-0.3, -0.25) is 4.79 Å². The molecule has 2 aromatic rings. The maximum Gasteiger partial charge on any atom is 0.267 e. The van der Waals surface area contributed by atoms with Crippen molar-refractivity contribution >= 4 is 17.2 Å². The average Bonchev–Trinajstić information content (AvgIpc) is 3.27. The minimum atomic E-state index is -0.547. The van der Waals surface area contributed by atoms with E-state index >= 15 is 0 Å². The van der Waals surface area contributed by atoms with Crippen LogP contribution in [0.3, 0.4) is 0 Å². The van der Waals surface area contributed by atoms with Crippen molar-refractivity contribution in [2.45, 2.75) is 31.5 Å². The molecule has 0 unspecified atom stereocenters. The molecular formula is C17H17NO3S. The molecule has 0 N–H and O–H groups in total. The van der Waals surface area contributed by atoms with Gasteiger partial charge in [0, 0.05) is 12.6 Å². The molecule has 2 heterocycles. The fourth-order valence-corrected chi connectivity index (χ4v) is 3.34. The summed E-state index contributed by atoms with van der Waals surface area (Å²) in [4.78, 5) is 14.8. The van der Waals surface area contributed by atoms with Crippen molar-refractivity contribution in [3.05, 3.63) is 46.7 Å². The van der Waals surface area contributed by atoms with Gasteiger partial charge in [-0.25, -0.2) is 0 Å². The molecule has 1 amide bonds. The van der Waals surface area contributed by atoms with Gasteiger partial charge >= 0.3 is 0 Å². The van der Waals surface area contributed by atoms with Crippen LogP contribution in [0.5, 0.6) is 11.5 Å². The number of carbonyl (C=O) groups is 1. The van der Waals surface area contributed by atoms with Gasteiger partial charge in [0.1, 0.15) is 6.61 Å². The highest BCUT2D eigenvalue weighted by Crippen LogP contribution is 2.34. The first-order valence-corrected chi connectivity index (χ1v) is 8.45. The maximum absolute atomic E-state index is 12.8. The summed E-state index contributed by atoms with van der Waals surface area (Å²) in [7, 11) is 0. The van der Waals surface area contributed by atoms with E-state index in [1.165, 1.54) is 5.56 Å². The number of hydrogen-bond donors (Lipinski definition) is 0. The lowest BCUT2D eigenvalue weighted by Crippen LogP contribution is -2.47. The second kappa shape index (κ2) is 5.65. The third-order valence-corrected chi connectivity index (χ3v) is 4.72. The van der Waals surface area contributed by atoms with Gasteiger partial charge in [0.05, 0.1) is 0 Å². The van der Waals surface area contributed by atoms with E-state index in [0.717, 1.165) is 12.8 Å². The quantitative estimate of drug-likeness (QED) is 0.870. The zero-order valence-corrected chi connectivity index (χ0v) is 12.9. The Morgan fingerprint density at radius 3 is 2.77 bits per heavy atom. The predicted molar refractivity (Wildman–Crippen MR) is 84.2 cm³/mol. The van der Waals surface area contributed by atoms with Crippen LogP contribution in [0.2, 0.25) is 0 Å². The highest BCUT2D eigenvalue weighted by atomic mass is 32.1. The third kappa shape index (κ3) is 2.68. The normalized spacial score (nSPS) is 19.7. The van der Waals surface area contributed by atoms with E-state index in [1.807, 2.05) is 34.5 Å². The van der Waals surface area contributed by atoms with Crippen LogP contribution < -0.4 is 9.47 Å². The fraction of sp³-hybridized carbons (Fsp3) is 0.353. The molecular weight excluding hydrogens is 298 g/mol. The van der Waals surface area contributed by atoms with Crippen LogP contribution in [-0.2, 0) is 11.3 Å². The Morgan fingerprint density at radius 1 is 1.23 bits per heavy atom. The van der Waals surface area contributed by atoms with Crippen molar-refractivity contribution in [1.29, 1.82) is 0 Å². The molecule has 1 atom stereocenters. The Labute approximate surface area is 133 Å². The number of nitrogens with zero attached hydrogens (tertiary/aromatic N) is 1. The monoisotopic (exact) mass is 315 g/mol. The number of hydrogen-bond acceptors (Lipinski definition) is 4. The Bertz CT molecular complexity index is 666. The Balaban J connectivity index is 1.50. The summed E-state index contributed by atoms with van der Waals surface area (Å²) in [6.07, 6.45) is 1.62. The van der Waals surface area contributed by atoms with Crippen LogP contribution in [0.15, 0.2) is 41.1 Å². The fourth-order valence-electron chi connectivity index (χ4n) is 2.68. The SMILES string of the molecule is O=C([C@@H]1COc2ccccc2O1)N(Cc1ccsc1)C1CC1. The van der Waals surface area contributed by atoms with Crippen molar-refractivity contribution < 1.29 is 14.3 Å². The highest BCUT2D eigenvalue weighted by molar-refractivity contribution is 7.07. The molecule has 1 fully saturated rings. The van der Waals surface area contributed by atoms with Gasteiger partial charge in [0.15, 0.2) is 11.5 Å². The Hall–Kier alpha value is -2.01. The summed E-state index contributed by atoms with van der Waals surface area (Å²) in [5, 5.41) is 4.14. The molecule has 0 radical (unpaired) electrons. The van der Waals surface area contributed by atoms with Crippen molar-refractivity contribution in [3.63, 3.8) is 0 Å². The molecule has 2 aliphatic rings. The van der Waals surface area contributed by atoms with E-state index in [0.29, 0.717) is 24.1 Å². The van der Waals surface area contributed by atoms with Crippen LogP contribution in [-0.4, -0.2) is 29.6 Å². The standard InChI is InChI=1S/C17H17NO3S/c19-17(16-10-20-14-3-1-2-4-15(14)21-16)18(13-5-6-13)9-12-7-8-22-11-12/h1-4,7-8,11,13,16H,5-6,9-10H2/t16-/m0/s1. The molecule has 1 aliphatic heterocycles. The Kier molecular flexibility index (Phi) is 3.50. The first kappa shape index (κ1) is 13.6. The van der Waals surface area contributed by atoms with E-state index in [2.05, 4.69) is 11.4 Å². The summed E-state index contributed by atoms with van der Waals surface area (Å²) in [5.74, 6) is 1.39. The van der Waals surface area contributed by atoms with Crippen molar-refractivity contribution in [2.75, 3.05) is 6.61 Å². The number of carbonyl (C=O) groups excluding carboxylic acids is 1. The van der Waals surface area contributed by atoms with Crippen LogP contribution in [0.4, 0.5) is 0 Å². The van der Waals surface area contributed by atoms with E-state index in [4.69, 9.17) is 9.47 Å². The number of thiophene rings is 1. The zero-order valence-electron chi connectivity index (χ0n) is 12.1. The summed E-state index contributed by atoms with van der Waals surface area (Å²) >= 11 is 1.66. The van der Waals surface area contributed by atoms with Gasteiger partial charge in [0.25, 0.3) is 5.91 Å². The van der Waals surface area contributed by atoms with Gasteiger partial charge in [-0.1, -0.05) is 12.1 Å². The molecule has 4 rings (SSSR count). The van der Waals surface area contributed by atoms with E-state index in [1.54, 1.807) is 11.3 Å². The van der Waals surface area contributed by atoms with Crippen molar-refractivity contribution in [2.24, 2.45) is 0 Å². The lowest BCUT2D eigenvalue weighted by molar-refractivity contribution is -0.142. The average molecular weight is 315 g/mol. The molecule has 1 aromatic carbocycles. The second-order valence-corrected chi connectivity index (χ2v) is 6.47. The number of ether oxygens (including phenoxy) is 2. The third-order valence-electron chi connectivity index (χ3n) is 3.99. The molecule has 1 aliphatic carbocycles. The van der Waals surface area contributed by atoms with Crippen molar-refractivity contribution in [3.8, 4) is 11.5 Å². The first-order chi connectivity index (χ1) is 10.8. The second-order valence-electron chi connectivity index (χ2n) is 5.69. The summed E-state index contributed by atoms with van der Waals surface area (Å²) in [6, 6.07) is 9.92. The smallest absolute Gasteiger partial charge is 0.267 e. The lowest BCUT2D eigenvalue weighted by Gasteiger charge is -2.30. The van der Waals surface area contributed by atoms with Gasteiger partial charge in [0.2, 0.25) is 6.10 Å². The van der Waals surface area contributed by atoms with Crippen LogP contribution in [0.25, 0.3) is 0 Å². The van der Waals surface area contributed by atoms with Gasteiger partial charge in [-0.2, -0.15) is 11.3 Å². The highest BCUT2D eigenvalue weighted by Gasteiger charge is 2.38. The lowest BCUT2D eigenvalue weighted by atomic mass is 10.2. The molecule has 1 saturated carbocycles. The summed E-state index contributed by atoms with van der Waals surface area (Å²) < 4.78 is 11.5. The minimum Gasteiger partial charge on any atom is -0.485 e. The summed E-state index contributed by atoms with van der Waals surface area (Å²) in [6.45, 7) is 0.942. The molecule has 0 saturated heterocycles. The number of rotatable bonds is 4. The predicted octanol–water partition coefficient (Wildman–Crippen LogP) is 3.08. The number of fused-ring (bicyclic) bond motifs is 1. The molecule has 0 spiro atoms. The molecule has 114 valence electrons. The van der Waals surface area contributed by atoms with Crippen LogP contribution in [0, 0.1) is 0 Å². The summed E-state index contributed by atoms with van der Waals surface area (Å²) in [5.41, 5.74) is 1.18. The molecule has 4 nitrogen and oxygen atoms in total. The van der Waals surface area contributed by atoms with Gasteiger partial charge < -0.3 is 14.4 Å². The largest absolute Gasteiger partial charge is 0.485 e. The number of amides is 1. The zero-order chi connectivity index (χ0) is 14.9. The van der Waals surface area contributed by atoms with Gasteiger partial charge in [-0.15, -0.1) is 0 Å². The Morgan fingerprint density at radius 2 is 2.05 bits per heavy atom. The van der Waals surface area contributed by atoms with E-state index < -0.39 is 6.10 Å². The van der Waals surface area contributed by atoms with E-state index in [-0.39, 0.29) is 12.5 Å². The number of benzene rings is 1. The molecule has 0 bridgehead atoms. The first-order valence-electron chi connectivity index (χ1n) is 7.51. The molecule has 1 aromatic heterocycles. The molecule has 22 heavy (non-hydrogen) atoms. The van der Waals surface area contributed by atoms with E-state index in [9.17, 15) is 4.79 Å². The van der Waals surface area contributed by atoms with Crippen LogP contribution in [0.1, 0.15) is 18.4 Å². The topological polar surface area (TPSA) is 38.8 Å².